The topological polar surface area (TPSA) is 127 Å². The Bertz CT molecular complexity index is 1410. The molecule has 2 fully saturated rings. The molecule has 2 aromatic carbocycles. The van der Waals surface area contributed by atoms with E-state index in [2.05, 4.69) is 10.1 Å². The van der Waals surface area contributed by atoms with Crippen molar-refractivity contribution in [3.8, 4) is 11.5 Å². The largest absolute Gasteiger partial charge is 0.513 e. The lowest BCUT2D eigenvalue weighted by molar-refractivity contribution is -0.235. The number of piperidine rings is 1. The molecule has 0 radical (unpaired) electrons. The van der Waals surface area contributed by atoms with Crippen LogP contribution in [0.3, 0.4) is 0 Å². The molecule has 1 saturated heterocycles. The van der Waals surface area contributed by atoms with Crippen LogP contribution in [0.1, 0.15) is 58.4 Å². The Hall–Kier alpha value is -4.13. The molecule has 1 unspecified atom stereocenters. The fourth-order valence-electron chi connectivity index (χ4n) is 5.48. The number of nitrogens with zero attached hydrogens (tertiary/aromatic N) is 2. The molecule has 2 aliphatic heterocycles. The number of benzene rings is 2. The summed E-state index contributed by atoms with van der Waals surface area (Å²) in [5.41, 5.74) is 0.581. The van der Waals surface area contributed by atoms with E-state index in [1.807, 2.05) is 6.07 Å². The summed E-state index contributed by atoms with van der Waals surface area (Å²) in [6.45, 7) is 7.53. The molecule has 3 atom stereocenters. The number of hydrogen-bond acceptors (Lipinski definition) is 9. The number of aliphatic hydroxyl groups is 1. The monoisotopic (exact) mass is 617 g/mol. The number of likely N-dealkylation sites (tertiary alicyclic amines) is 1. The van der Waals surface area contributed by atoms with Gasteiger partial charge in [0.05, 0.1) is 18.2 Å². The van der Waals surface area contributed by atoms with Crippen molar-refractivity contribution < 1.29 is 47.2 Å². The number of carbonyl (C=O) groups excluding carboxylic acids is 3. The van der Waals surface area contributed by atoms with E-state index in [-0.39, 0.29) is 48.2 Å². The Labute approximate surface area is 254 Å². The van der Waals surface area contributed by atoms with Gasteiger partial charge in [-0.3, -0.25) is 4.79 Å². The predicted octanol–water partition coefficient (Wildman–Crippen LogP) is 5.47. The van der Waals surface area contributed by atoms with Crippen molar-refractivity contribution in [1.82, 2.24) is 4.90 Å². The third-order valence-electron chi connectivity index (χ3n) is 7.58. The van der Waals surface area contributed by atoms with Gasteiger partial charge in [-0.2, -0.15) is 8.78 Å². The number of ether oxygens (including phenoxy) is 4. The minimum absolute atomic E-state index is 0.0713. The van der Waals surface area contributed by atoms with E-state index in [1.54, 1.807) is 50.8 Å². The number of rotatable bonds is 6. The van der Waals surface area contributed by atoms with Crippen LogP contribution in [0.4, 0.5) is 29.7 Å². The van der Waals surface area contributed by atoms with Crippen LogP contribution >= 0.6 is 0 Å². The van der Waals surface area contributed by atoms with E-state index in [0.717, 1.165) is 18.4 Å². The summed E-state index contributed by atoms with van der Waals surface area (Å²) in [6.07, 6.45) is -5.54. The first-order chi connectivity index (χ1) is 20.8. The second kappa shape index (κ2) is 12.1. The third kappa shape index (κ3) is 6.98. The molecule has 2 heterocycles. The molecule has 1 saturated carbocycles. The summed E-state index contributed by atoms with van der Waals surface area (Å²) in [6, 6.07) is 11.1. The van der Waals surface area contributed by atoms with Gasteiger partial charge in [0.25, 0.3) is 0 Å². The minimum atomic E-state index is -3.81. The Kier molecular flexibility index (Phi) is 8.61. The SMILES string of the molecule is CCOC(=O)Oc1cccc([C@H]2CCN(C(=O)OC(C)(C)C)C[C@@H]2C(=O)N(c2ccc3c(c2)NC(O)C(F)(F)O3)C2CC2)c1. The molecule has 2 amide bonds. The van der Waals surface area contributed by atoms with E-state index >= 15 is 0 Å². The first-order valence-electron chi connectivity index (χ1n) is 14.7. The van der Waals surface area contributed by atoms with E-state index < -0.39 is 36.1 Å². The first kappa shape index (κ1) is 31.3. The molecule has 44 heavy (non-hydrogen) atoms. The Morgan fingerprint density at radius 3 is 2.57 bits per heavy atom. The zero-order valence-electron chi connectivity index (χ0n) is 25.0. The van der Waals surface area contributed by atoms with Crippen molar-refractivity contribution in [2.45, 2.75) is 76.9 Å². The van der Waals surface area contributed by atoms with E-state index in [1.165, 1.54) is 23.1 Å². The molecule has 0 spiro atoms. The van der Waals surface area contributed by atoms with Crippen molar-refractivity contribution in [2.75, 3.05) is 29.9 Å². The Balaban J connectivity index is 1.47. The summed E-state index contributed by atoms with van der Waals surface area (Å²) >= 11 is 0. The zero-order valence-corrected chi connectivity index (χ0v) is 25.0. The maximum atomic E-state index is 14.5. The number of anilines is 2. The van der Waals surface area contributed by atoms with Gasteiger partial charge in [0, 0.05) is 24.8 Å². The van der Waals surface area contributed by atoms with Crippen LogP contribution < -0.4 is 19.7 Å². The molecule has 2 N–H and O–H groups in total. The number of hydrogen-bond donors (Lipinski definition) is 2. The highest BCUT2D eigenvalue weighted by atomic mass is 19.3. The molecule has 0 aromatic heterocycles. The highest BCUT2D eigenvalue weighted by molar-refractivity contribution is 5.98. The number of carbonyl (C=O) groups is 3. The van der Waals surface area contributed by atoms with Gasteiger partial charge in [-0.25, -0.2) is 9.59 Å². The second-order valence-electron chi connectivity index (χ2n) is 12.1. The number of halogens is 2. The van der Waals surface area contributed by atoms with Crippen molar-refractivity contribution in [2.24, 2.45) is 5.92 Å². The predicted molar refractivity (Wildman–Crippen MR) is 155 cm³/mol. The van der Waals surface area contributed by atoms with Gasteiger partial charge in [0.15, 0.2) is 0 Å². The molecule has 11 nitrogen and oxygen atoms in total. The lowest BCUT2D eigenvalue weighted by Crippen LogP contribution is -2.51. The number of alkyl halides is 2. The van der Waals surface area contributed by atoms with Crippen LogP contribution in [0.15, 0.2) is 42.5 Å². The van der Waals surface area contributed by atoms with Crippen LogP contribution in [-0.2, 0) is 14.3 Å². The van der Waals surface area contributed by atoms with Gasteiger partial charge in [0.1, 0.15) is 17.1 Å². The summed E-state index contributed by atoms with van der Waals surface area (Å²) in [7, 11) is 0. The lowest BCUT2D eigenvalue weighted by atomic mass is 9.79. The van der Waals surface area contributed by atoms with Gasteiger partial charge < -0.3 is 39.2 Å². The number of amides is 2. The fourth-order valence-corrected chi connectivity index (χ4v) is 5.48. The van der Waals surface area contributed by atoms with Gasteiger partial charge in [-0.15, -0.1) is 0 Å². The molecule has 0 bridgehead atoms. The standard InChI is InChI=1S/C31H37F2N3O8/c1-5-41-29(40)42-21-8-6-7-18(15-21)22-13-14-35(28(39)44-30(2,3)4)17-23(22)26(37)36(19-9-10-19)20-11-12-25-24(16-20)34-27(38)31(32,33)43-25/h6-8,11-12,15-16,19,22-23,27,34,38H,5,9-10,13-14,17H2,1-4H3/t22-,23+,27?/m1/s1. The smallest absolute Gasteiger partial charge is 0.444 e. The van der Waals surface area contributed by atoms with Crippen molar-refractivity contribution in [1.29, 1.82) is 0 Å². The Morgan fingerprint density at radius 2 is 1.89 bits per heavy atom. The highest BCUT2D eigenvalue weighted by Crippen LogP contribution is 2.44. The van der Waals surface area contributed by atoms with E-state index in [4.69, 9.17) is 14.2 Å². The normalized spacial score (nSPS) is 22.5. The van der Waals surface area contributed by atoms with E-state index in [0.29, 0.717) is 18.7 Å². The van der Waals surface area contributed by atoms with E-state index in [9.17, 15) is 28.3 Å². The van der Waals surface area contributed by atoms with Crippen LogP contribution in [0.25, 0.3) is 0 Å². The van der Waals surface area contributed by atoms with Crippen molar-refractivity contribution in [3.05, 3.63) is 48.0 Å². The average molecular weight is 618 g/mol. The molecule has 2 aromatic rings. The summed E-state index contributed by atoms with van der Waals surface area (Å²) in [5.74, 6) is -1.23. The molecular weight excluding hydrogens is 580 g/mol. The fraction of sp³-hybridized carbons (Fsp3) is 0.516. The minimum Gasteiger partial charge on any atom is -0.444 e. The zero-order chi connectivity index (χ0) is 31.8. The van der Waals surface area contributed by atoms with Gasteiger partial charge >= 0.3 is 18.4 Å². The summed E-state index contributed by atoms with van der Waals surface area (Å²) in [4.78, 5) is 42.7. The van der Waals surface area contributed by atoms with Crippen molar-refractivity contribution >= 4 is 29.5 Å². The molecule has 238 valence electrons. The first-order valence-corrected chi connectivity index (χ1v) is 14.7. The Morgan fingerprint density at radius 1 is 1.14 bits per heavy atom. The van der Waals surface area contributed by atoms with Crippen LogP contribution in [0, 0.1) is 5.92 Å². The molecule has 1 aliphatic carbocycles. The highest BCUT2D eigenvalue weighted by Gasteiger charge is 2.47. The van der Waals surface area contributed by atoms with Gasteiger partial charge in [0.2, 0.25) is 12.1 Å². The van der Waals surface area contributed by atoms with Crippen LogP contribution in [0.5, 0.6) is 11.5 Å². The molecule has 3 aliphatic rings. The van der Waals surface area contributed by atoms with Crippen LogP contribution in [0.2, 0.25) is 0 Å². The van der Waals surface area contributed by atoms with Gasteiger partial charge in [-0.05, 0) is 88.8 Å². The maximum Gasteiger partial charge on any atom is 0.513 e. The second-order valence-corrected chi connectivity index (χ2v) is 12.1. The summed E-state index contributed by atoms with van der Waals surface area (Å²) in [5, 5.41) is 12.2. The van der Waals surface area contributed by atoms with Crippen molar-refractivity contribution in [3.63, 3.8) is 0 Å². The lowest BCUT2D eigenvalue weighted by Gasteiger charge is -2.40. The van der Waals surface area contributed by atoms with Gasteiger partial charge in [-0.1, -0.05) is 12.1 Å². The number of fused-ring (bicyclic) bond motifs is 1. The molecule has 13 heteroatoms. The molecular formula is C31H37F2N3O8. The quantitative estimate of drug-likeness (QED) is 0.320. The number of aliphatic hydroxyl groups excluding tert-OH is 1. The molecule has 5 rings (SSSR count). The van der Waals surface area contributed by atoms with Crippen LogP contribution in [-0.4, -0.2) is 71.8 Å². The average Bonchev–Trinajstić information content (AvgIpc) is 3.78. The summed E-state index contributed by atoms with van der Waals surface area (Å²) < 4.78 is 48.3. The maximum absolute atomic E-state index is 14.5. The number of nitrogens with one attached hydrogen (secondary N) is 1. The third-order valence-corrected chi connectivity index (χ3v) is 7.58.